The van der Waals surface area contributed by atoms with E-state index in [4.69, 9.17) is 9.47 Å². The van der Waals surface area contributed by atoms with Gasteiger partial charge in [-0.25, -0.2) is 0 Å². The number of benzene rings is 2. The van der Waals surface area contributed by atoms with Gasteiger partial charge in [0.15, 0.2) is 11.5 Å². The lowest BCUT2D eigenvalue weighted by molar-refractivity contribution is -0.112. The largest absolute Gasteiger partial charge is 0.493 e. The van der Waals surface area contributed by atoms with E-state index in [0.29, 0.717) is 22.7 Å². The number of hydrogen-bond acceptors (Lipinski definition) is 4. The Morgan fingerprint density at radius 2 is 1.72 bits per heavy atom. The number of hydrogen-bond donors (Lipinski definition) is 1. The topological polar surface area (TPSA) is 71.3 Å². The van der Waals surface area contributed by atoms with Gasteiger partial charge < -0.3 is 14.8 Å². The molecule has 0 bridgehead atoms. The normalized spacial score (nSPS) is 10.8. The molecule has 0 aliphatic carbocycles. The van der Waals surface area contributed by atoms with Gasteiger partial charge in [-0.2, -0.15) is 5.26 Å². The SMILES string of the molecule is COc1cccc(/C=C(\C#N)C(=O)Nc2c(C)cccc2C)c1OC. The fourth-order valence-electron chi connectivity index (χ4n) is 2.52. The molecule has 0 unspecified atom stereocenters. The third kappa shape index (κ3) is 3.99. The van der Waals surface area contributed by atoms with Crippen molar-refractivity contribution in [1.29, 1.82) is 5.26 Å². The number of para-hydroxylation sites is 2. The Bertz CT molecular complexity index is 843. The molecule has 0 atom stereocenters. The van der Waals surface area contributed by atoms with Crippen molar-refractivity contribution in [1.82, 2.24) is 0 Å². The molecule has 0 saturated heterocycles. The van der Waals surface area contributed by atoms with Crippen LogP contribution in [0.25, 0.3) is 6.08 Å². The summed E-state index contributed by atoms with van der Waals surface area (Å²) in [5.41, 5.74) is 3.16. The van der Waals surface area contributed by atoms with Gasteiger partial charge in [0, 0.05) is 11.3 Å². The lowest BCUT2D eigenvalue weighted by Gasteiger charge is -2.12. The minimum Gasteiger partial charge on any atom is -0.493 e. The quantitative estimate of drug-likeness (QED) is 0.665. The molecule has 0 fully saturated rings. The van der Waals surface area contributed by atoms with Gasteiger partial charge >= 0.3 is 0 Å². The van der Waals surface area contributed by atoms with Crippen LogP contribution in [-0.4, -0.2) is 20.1 Å². The number of nitriles is 1. The zero-order chi connectivity index (χ0) is 18.4. The van der Waals surface area contributed by atoms with Gasteiger partial charge in [0.05, 0.1) is 14.2 Å². The molecule has 2 aromatic carbocycles. The van der Waals surface area contributed by atoms with Crippen molar-refractivity contribution < 1.29 is 14.3 Å². The minimum absolute atomic E-state index is 0.0193. The first-order valence-corrected chi connectivity index (χ1v) is 7.72. The Morgan fingerprint density at radius 3 is 2.28 bits per heavy atom. The number of rotatable bonds is 5. The second-order valence-corrected chi connectivity index (χ2v) is 5.47. The van der Waals surface area contributed by atoms with E-state index >= 15 is 0 Å². The van der Waals surface area contributed by atoms with Crippen LogP contribution in [0.5, 0.6) is 11.5 Å². The standard InChI is InChI=1S/C20H20N2O3/c1-13-7-5-8-14(2)18(13)22-20(23)16(12-21)11-15-9-6-10-17(24-3)19(15)25-4/h5-11H,1-4H3,(H,22,23)/b16-11+. The smallest absolute Gasteiger partial charge is 0.266 e. The van der Waals surface area contributed by atoms with Gasteiger partial charge in [-0.3, -0.25) is 4.79 Å². The van der Waals surface area contributed by atoms with Crippen LogP contribution >= 0.6 is 0 Å². The molecule has 5 heteroatoms. The summed E-state index contributed by atoms with van der Waals surface area (Å²) >= 11 is 0. The van der Waals surface area contributed by atoms with Crippen LogP contribution in [0.3, 0.4) is 0 Å². The fourth-order valence-corrected chi connectivity index (χ4v) is 2.52. The number of nitrogens with zero attached hydrogens (tertiary/aromatic N) is 1. The van der Waals surface area contributed by atoms with Gasteiger partial charge in [0.2, 0.25) is 0 Å². The van der Waals surface area contributed by atoms with E-state index in [1.165, 1.54) is 20.3 Å². The van der Waals surface area contributed by atoms with E-state index in [0.717, 1.165) is 11.1 Å². The summed E-state index contributed by atoms with van der Waals surface area (Å²) in [6.45, 7) is 3.81. The first kappa shape index (κ1) is 18.1. The molecule has 2 rings (SSSR count). The Balaban J connectivity index is 2.39. The van der Waals surface area contributed by atoms with E-state index in [1.54, 1.807) is 18.2 Å². The molecule has 0 radical (unpaired) electrons. The Hall–Kier alpha value is -3.26. The number of carbonyl (C=O) groups excluding carboxylic acids is 1. The number of nitrogens with one attached hydrogen (secondary N) is 1. The average molecular weight is 336 g/mol. The van der Waals surface area contributed by atoms with Crippen LogP contribution in [0, 0.1) is 25.2 Å². The molecular weight excluding hydrogens is 316 g/mol. The second kappa shape index (κ2) is 8.02. The Morgan fingerprint density at radius 1 is 1.08 bits per heavy atom. The summed E-state index contributed by atoms with van der Waals surface area (Å²) in [6.07, 6.45) is 1.49. The maximum atomic E-state index is 12.5. The van der Waals surface area contributed by atoms with Crippen LogP contribution in [0.15, 0.2) is 42.0 Å². The van der Waals surface area contributed by atoms with E-state index in [1.807, 2.05) is 38.1 Å². The summed E-state index contributed by atoms with van der Waals surface area (Å²) in [5.74, 6) is 0.533. The lowest BCUT2D eigenvalue weighted by atomic mass is 10.1. The van der Waals surface area contributed by atoms with Crippen molar-refractivity contribution in [2.45, 2.75) is 13.8 Å². The highest BCUT2D eigenvalue weighted by Gasteiger charge is 2.15. The average Bonchev–Trinajstić information content (AvgIpc) is 2.62. The van der Waals surface area contributed by atoms with Gasteiger partial charge in [0.1, 0.15) is 11.6 Å². The number of carbonyl (C=O) groups is 1. The molecule has 1 amide bonds. The van der Waals surface area contributed by atoms with E-state index in [9.17, 15) is 10.1 Å². The number of anilines is 1. The third-order valence-electron chi connectivity index (χ3n) is 3.82. The molecule has 0 saturated carbocycles. The molecule has 128 valence electrons. The van der Waals surface area contributed by atoms with Crippen LogP contribution in [0.4, 0.5) is 5.69 Å². The van der Waals surface area contributed by atoms with Gasteiger partial charge in [-0.05, 0) is 37.1 Å². The van der Waals surface area contributed by atoms with Crippen LogP contribution in [-0.2, 0) is 4.79 Å². The minimum atomic E-state index is -0.468. The monoisotopic (exact) mass is 336 g/mol. The summed E-state index contributed by atoms with van der Waals surface area (Å²) in [4.78, 5) is 12.5. The summed E-state index contributed by atoms with van der Waals surface area (Å²) < 4.78 is 10.6. The second-order valence-electron chi connectivity index (χ2n) is 5.47. The maximum absolute atomic E-state index is 12.5. The first-order valence-electron chi connectivity index (χ1n) is 7.72. The van der Waals surface area contributed by atoms with Crippen molar-refractivity contribution in [2.75, 3.05) is 19.5 Å². The third-order valence-corrected chi connectivity index (χ3v) is 3.82. The summed E-state index contributed by atoms with van der Waals surface area (Å²) in [6, 6.07) is 13.0. The highest BCUT2D eigenvalue weighted by Crippen LogP contribution is 2.32. The number of ether oxygens (including phenoxy) is 2. The molecule has 5 nitrogen and oxygen atoms in total. The predicted molar refractivity (Wildman–Crippen MR) is 97.7 cm³/mol. The fraction of sp³-hybridized carbons (Fsp3) is 0.200. The summed E-state index contributed by atoms with van der Waals surface area (Å²) in [5, 5.41) is 12.2. The highest BCUT2D eigenvalue weighted by atomic mass is 16.5. The molecule has 2 aromatic rings. The number of methoxy groups -OCH3 is 2. The predicted octanol–water partition coefficient (Wildman–Crippen LogP) is 3.87. The van der Waals surface area contributed by atoms with Gasteiger partial charge in [0.25, 0.3) is 5.91 Å². The molecule has 0 aromatic heterocycles. The number of amides is 1. The first-order chi connectivity index (χ1) is 12.0. The Labute approximate surface area is 147 Å². The molecule has 0 heterocycles. The molecule has 0 aliphatic heterocycles. The van der Waals surface area contributed by atoms with Crippen molar-refractivity contribution in [3.63, 3.8) is 0 Å². The Kier molecular flexibility index (Phi) is 5.80. The number of aryl methyl sites for hydroxylation is 2. The van der Waals surface area contributed by atoms with E-state index in [-0.39, 0.29) is 5.57 Å². The highest BCUT2D eigenvalue weighted by molar-refractivity contribution is 6.10. The molecule has 0 aliphatic rings. The van der Waals surface area contributed by atoms with E-state index < -0.39 is 5.91 Å². The van der Waals surface area contributed by atoms with Gasteiger partial charge in [-0.15, -0.1) is 0 Å². The van der Waals surface area contributed by atoms with Crippen LogP contribution < -0.4 is 14.8 Å². The van der Waals surface area contributed by atoms with E-state index in [2.05, 4.69) is 5.32 Å². The zero-order valence-corrected chi connectivity index (χ0v) is 14.7. The van der Waals surface area contributed by atoms with Crippen molar-refractivity contribution >= 4 is 17.7 Å². The molecular formula is C20H20N2O3. The zero-order valence-electron chi connectivity index (χ0n) is 14.7. The van der Waals surface area contributed by atoms with Crippen molar-refractivity contribution in [2.24, 2.45) is 0 Å². The van der Waals surface area contributed by atoms with Gasteiger partial charge in [-0.1, -0.05) is 30.3 Å². The molecule has 25 heavy (non-hydrogen) atoms. The summed E-state index contributed by atoms with van der Waals surface area (Å²) in [7, 11) is 3.04. The van der Waals surface area contributed by atoms with Crippen molar-refractivity contribution in [3.8, 4) is 17.6 Å². The van der Waals surface area contributed by atoms with Crippen LogP contribution in [0.1, 0.15) is 16.7 Å². The lowest BCUT2D eigenvalue weighted by Crippen LogP contribution is -2.15. The van der Waals surface area contributed by atoms with Crippen molar-refractivity contribution in [3.05, 3.63) is 58.7 Å². The molecule has 1 N–H and O–H groups in total. The molecule has 0 spiro atoms. The van der Waals surface area contributed by atoms with Crippen LogP contribution in [0.2, 0.25) is 0 Å². The maximum Gasteiger partial charge on any atom is 0.266 e.